The number of ether oxygens (including phenoxy) is 2. The predicted molar refractivity (Wildman–Crippen MR) is 191 cm³/mol. The molecule has 4 aliphatic rings. The second-order valence-electron chi connectivity index (χ2n) is 14.9. The Kier molecular flexibility index (Phi) is 12.3. The zero-order valence-corrected chi connectivity index (χ0v) is 29.0. The summed E-state index contributed by atoms with van der Waals surface area (Å²) in [4.78, 5) is 0. The van der Waals surface area contributed by atoms with E-state index in [0.29, 0.717) is 36.8 Å². The van der Waals surface area contributed by atoms with Crippen LogP contribution in [-0.4, -0.2) is 83.5 Å². The number of benzene rings is 3. The molecular weight excluding hydrogens is 616 g/mol. The number of nitrogens with one attached hydrogen (secondary N) is 1. The summed E-state index contributed by atoms with van der Waals surface area (Å²) in [6.45, 7) is 6.63. The van der Waals surface area contributed by atoms with Gasteiger partial charge >= 0.3 is 0 Å². The van der Waals surface area contributed by atoms with Crippen LogP contribution in [0.2, 0.25) is 0 Å². The molecule has 8 heteroatoms. The van der Waals surface area contributed by atoms with Crippen molar-refractivity contribution in [3.63, 3.8) is 0 Å². The summed E-state index contributed by atoms with van der Waals surface area (Å²) in [5, 5.41) is 44.8. The van der Waals surface area contributed by atoms with E-state index in [1.54, 1.807) is 12.1 Å². The summed E-state index contributed by atoms with van der Waals surface area (Å²) in [5.41, 5.74) is 2.46. The number of fused-ring (bicyclic) bond motifs is 3. The van der Waals surface area contributed by atoms with E-state index in [-0.39, 0.29) is 24.4 Å². The van der Waals surface area contributed by atoms with Crippen molar-refractivity contribution in [2.75, 3.05) is 52.5 Å². The van der Waals surface area contributed by atoms with E-state index < -0.39 is 11.7 Å². The quantitative estimate of drug-likeness (QED) is 0.0882. The highest BCUT2D eigenvalue weighted by atomic mass is 16.5. The zero-order chi connectivity index (χ0) is 34.1. The summed E-state index contributed by atoms with van der Waals surface area (Å²) >= 11 is 0. The Balaban J connectivity index is 0.896. The molecule has 4 fully saturated rings. The SMILES string of the molecule is OCc1cc([C@@H](O)CNCCCc2ccc(OCCC[N+]34CCC(CC3)[C@@H](OC[C@@](O)(c3ccccc3)C3CCCC3)C4)cc2)ccc1O. The number of hydrogen-bond donors (Lipinski definition) is 5. The van der Waals surface area contributed by atoms with Crippen molar-refractivity contribution >= 4 is 0 Å². The molecule has 266 valence electrons. The highest BCUT2D eigenvalue weighted by Gasteiger charge is 2.48. The number of nitrogens with zero attached hydrogens (tertiary/aromatic N) is 1. The standard InChI is InChI=1S/C41H56N2O6/c44-29-34-26-33(15-18-38(34)45)39(46)27-42-21-6-8-31-13-16-37(17-14-31)48-25-7-22-43-23-19-32(20-24-43)40(28-43)49-30-41(47,36-11-4-5-12-36)35-9-2-1-3-10-35/h1-3,9-10,13-18,26,32,36,39-40,42,44,46-47H,4-8,11-12,19-25,27-30H2/p+1/t32?,39-,40-,41+,43?/m0/s1. The third-order valence-electron chi connectivity index (χ3n) is 11.6. The molecule has 1 saturated carbocycles. The number of quaternary nitrogens is 1. The van der Waals surface area contributed by atoms with Crippen LogP contribution in [0.5, 0.6) is 11.5 Å². The first-order valence-electron chi connectivity index (χ1n) is 18.7. The van der Waals surface area contributed by atoms with Gasteiger partial charge in [-0.3, -0.25) is 0 Å². The van der Waals surface area contributed by atoms with E-state index in [1.165, 1.54) is 50.4 Å². The number of hydrogen-bond acceptors (Lipinski definition) is 7. The van der Waals surface area contributed by atoms with Crippen LogP contribution in [0, 0.1) is 11.8 Å². The molecule has 8 nitrogen and oxygen atoms in total. The van der Waals surface area contributed by atoms with E-state index >= 15 is 0 Å². The van der Waals surface area contributed by atoms with Gasteiger partial charge in [-0.1, -0.05) is 61.4 Å². The number of rotatable bonds is 18. The van der Waals surface area contributed by atoms with Crippen molar-refractivity contribution in [1.29, 1.82) is 0 Å². The molecule has 3 aliphatic heterocycles. The van der Waals surface area contributed by atoms with Crippen molar-refractivity contribution in [3.05, 3.63) is 95.1 Å². The summed E-state index contributed by atoms with van der Waals surface area (Å²) < 4.78 is 14.0. The normalized spacial score (nSPS) is 24.1. The average molecular weight is 674 g/mol. The molecule has 2 bridgehead atoms. The van der Waals surface area contributed by atoms with Gasteiger partial charge in [-0.25, -0.2) is 0 Å². The summed E-state index contributed by atoms with van der Waals surface area (Å²) in [5.74, 6) is 1.82. The largest absolute Gasteiger partial charge is 0.508 e. The minimum absolute atomic E-state index is 0.0389. The number of aliphatic hydroxyl groups excluding tert-OH is 2. The third kappa shape index (κ3) is 9.04. The molecule has 0 unspecified atom stereocenters. The maximum absolute atomic E-state index is 12.0. The number of phenols is 1. The molecule has 0 radical (unpaired) electrons. The Morgan fingerprint density at radius 1 is 0.918 bits per heavy atom. The number of piperidine rings is 3. The van der Waals surface area contributed by atoms with Gasteiger partial charge in [0.2, 0.25) is 0 Å². The lowest BCUT2D eigenvalue weighted by molar-refractivity contribution is -0.946. The molecule has 0 aromatic heterocycles. The lowest BCUT2D eigenvalue weighted by Gasteiger charge is -2.53. The average Bonchev–Trinajstić information content (AvgIpc) is 3.70. The lowest BCUT2D eigenvalue weighted by atomic mass is 9.80. The van der Waals surface area contributed by atoms with E-state index in [2.05, 4.69) is 41.7 Å². The number of aliphatic hydroxyl groups is 3. The van der Waals surface area contributed by atoms with Crippen molar-refractivity contribution < 1.29 is 34.4 Å². The van der Waals surface area contributed by atoms with Gasteiger partial charge in [0.1, 0.15) is 29.7 Å². The molecule has 3 saturated heterocycles. The Labute approximate surface area is 292 Å². The maximum Gasteiger partial charge on any atom is 0.121 e. The number of aromatic hydroxyl groups is 1. The van der Waals surface area contributed by atoms with Crippen molar-refractivity contribution in [2.45, 2.75) is 82.2 Å². The summed E-state index contributed by atoms with van der Waals surface area (Å²) in [6.07, 6.45) is 9.37. The second kappa shape index (κ2) is 16.8. The minimum Gasteiger partial charge on any atom is -0.508 e. The van der Waals surface area contributed by atoms with Crippen LogP contribution in [-0.2, 0) is 23.4 Å². The maximum atomic E-state index is 12.0. The van der Waals surface area contributed by atoms with Crippen molar-refractivity contribution in [2.24, 2.45) is 11.8 Å². The van der Waals surface area contributed by atoms with Gasteiger partial charge in [0.15, 0.2) is 0 Å². The molecule has 3 heterocycles. The van der Waals surface area contributed by atoms with Gasteiger partial charge in [0.25, 0.3) is 0 Å². The van der Waals surface area contributed by atoms with Crippen LogP contribution < -0.4 is 10.1 Å². The van der Waals surface area contributed by atoms with E-state index in [0.717, 1.165) is 67.5 Å². The zero-order valence-electron chi connectivity index (χ0n) is 29.0. The Morgan fingerprint density at radius 2 is 1.67 bits per heavy atom. The van der Waals surface area contributed by atoms with Gasteiger partial charge in [-0.15, -0.1) is 0 Å². The van der Waals surface area contributed by atoms with Crippen molar-refractivity contribution in [1.82, 2.24) is 5.32 Å². The van der Waals surface area contributed by atoms with Crippen LogP contribution in [0.1, 0.15) is 79.7 Å². The van der Waals surface area contributed by atoms with Crippen molar-refractivity contribution in [3.8, 4) is 11.5 Å². The fourth-order valence-corrected chi connectivity index (χ4v) is 8.58. The van der Waals surface area contributed by atoms with Crippen LogP contribution >= 0.6 is 0 Å². The van der Waals surface area contributed by atoms with E-state index in [1.807, 2.05) is 18.2 Å². The Morgan fingerprint density at radius 3 is 2.41 bits per heavy atom. The minimum atomic E-state index is -0.902. The van der Waals surface area contributed by atoms with Gasteiger partial charge in [0.05, 0.1) is 45.6 Å². The predicted octanol–water partition coefficient (Wildman–Crippen LogP) is 5.61. The van der Waals surface area contributed by atoms with Gasteiger partial charge in [-0.05, 0) is 79.1 Å². The molecule has 0 amide bonds. The monoisotopic (exact) mass is 673 g/mol. The summed E-state index contributed by atoms with van der Waals surface area (Å²) in [7, 11) is 0. The van der Waals surface area contributed by atoms with Gasteiger partial charge in [0, 0.05) is 37.3 Å². The molecule has 0 spiro atoms. The third-order valence-corrected chi connectivity index (χ3v) is 11.6. The Hall–Kier alpha value is -2.98. The summed E-state index contributed by atoms with van der Waals surface area (Å²) in [6, 6.07) is 23.5. The van der Waals surface area contributed by atoms with Gasteiger partial charge < -0.3 is 39.7 Å². The fraction of sp³-hybridized carbons (Fsp3) is 0.561. The lowest BCUT2D eigenvalue weighted by Crippen LogP contribution is -2.65. The molecule has 5 N–H and O–H groups in total. The number of aryl methyl sites for hydroxylation is 1. The van der Waals surface area contributed by atoms with E-state index in [4.69, 9.17) is 9.47 Å². The Bertz CT molecular complexity index is 1440. The van der Waals surface area contributed by atoms with Crippen LogP contribution in [0.15, 0.2) is 72.8 Å². The second-order valence-corrected chi connectivity index (χ2v) is 14.9. The molecule has 3 aromatic rings. The molecule has 49 heavy (non-hydrogen) atoms. The first-order valence-corrected chi connectivity index (χ1v) is 18.7. The first-order chi connectivity index (χ1) is 23.9. The molecule has 3 atom stereocenters. The topological polar surface area (TPSA) is 111 Å². The molecule has 1 aliphatic carbocycles. The molecule has 7 rings (SSSR count). The smallest absolute Gasteiger partial charge is 0.121 e. The van der Waals surface area contributed by atoms with Crippen LogP contribution in [0.25, 0.3) is 0 Å². The van der Waals surface area contributed by atoms with Gasteiger partial charge in [-0.2, -0.15) is 0 Å². The fourth-order valence-electron chi connectivity index (χ4n) is 8.58. The molecular formula is C41H57N2O6+. The first kappa shape index (κ1) is 35.8. The molecule has 3 aromatic carbocycles. The van der Waals surface area contributed by atoms with E-state index in [9.17, 15) is 20.4 Å². The highest BCUT2D eigenvalue weighted by Crippen LogP contribution is 2.42. The van der Waals surface area contributed by atoms with Crippen LogP contribution in [0.3, 0.4) is 0 Å². The highest BCUT2D eigenvalue weighted by molar-refractivity contribution is 5.36. The van der Waals surface area contributed by atoms with Crippen LogP contribution in [0.4, 0.5) is 0 Å².